The van der Waals surface area contributed by atoms with Crippen LogP contribution in [0.15, 0.2) is 97.3 Å². The van der Waals surface area contributed by atoms with Gasteiger partial charge >= 0.3 is 0 Å². The van der Waals surface area contributed by atoms with E-state index in [9.17, 15) is 0 Å². The molecule has 0 saturated carbocycles. The van der Waals surface area contributed by atoms with Crippen molar-refractivity contribution in [2.45, 2.75) is 20.8 Å². The van der Waals surface area contributed by atoms with Gasteiger partial charge in [0, 0.05) is 32.5 Å². The number of benzene rings is 3. The van der Waals surface area contributed by atoms with E-state index < -0.39 is 0 Å². The number of hydrogen-bond donors (Lipinski definition) is 0. The van der Waals surface area contributed by atoms with Gasteiger partial charge in [-0.15, -0.1) is 65.7 Å². The van der Waals surface area contributed by atoms with Gasteiger partial charge in [0.2, 0.25) is 0 Å². The summed E-state index contributed by atoms with van der Waals surface area (Å²) in [5.41, 5.74) is 10.7. The van der Waals surface area contributed by atoms with Gasteiger partial charge in [0.1, 0.15) is 0 Å². The third-order valence-corrected chi connectivity index (χ3v) is 5.59. The molecule has 3 aromatic carbocycles. The van der Waals surface area contributed by atoms with Crippen LogP contribution in [0.25, 0.3) is 33.6 Å². The SMILES string of the molecule is Cc1cc(C)c(-c2ccc(-c3[c-]cccc3)nc2)c(C)c1.N#Cc1cc[c-]c(-c2ccccn2)c1.[Ir]. The third-order valence-electron chi connectivity index (χ3n) is 5.59. The van der Waals surface area contributed by atoms with Crippen LogP contribution in [0.2, 0.25) is 0 Å². The number of aryl methyl sites for hydroxylation is 3. The van der Waals surface area contributed by atoms with Crippen molar-refractivity contribution in [1.82, 2.24) is 9.97 Å². The van der Waals surface area contributed by atoms with E-state index in [0.717, 1.165) is 22.5 Å². The van der Waals surface area contributed by atoms with Crippen molar-refractivity contribution in [2.75, 3.05) is 0 Å². The van der Waals surface area contributed by atoms with E-state index >= 15 is 0 Å². The van der Waals surface area contributed by atoms with Gasteiger partial charge in [0.15, 0.2) is 0 Å². The molecule has 0 amide bonds. The minimum Gasteiger partial charge on any atom is -0.305 e. The Balaban J connectivity index is 0.000000210. The summed E-state index contributed by atoms with van der Waals surface area (Å²) in [5, 5.41) is 8.72. The van der Waals surface area contributed by atoms with Crippen LogP contribution >= 0.6 is 0 Å². The Morgan fingerprint density at radius 1 is 0.722 bits per heavy atom. The summed E-state index contributed by atoms with van der Waals surface area (Å²) in [4.78, 5) is 8.78. The van der Waals surface area contributed by atoms with Crippen LogP contribution < -0.4 is 0 Å². The summed E-state index contributed by atoms with van der Waals surface area (Å²) in [6.45, 7) is 6.46. The molecule has 179 valence electrons. The number of aromatic nitrogens is 2. The van der Waals surface area contributed by atoms with Gasteiger partial charge in [-0.25, -0.2) is 0 Å². The molecule has 0 atom stereocenters. The molecule has 0 saturated heterocycles. The molecule has 5 aromatic rings. The molecule has 2 heterocycles. The van der Waals surface area contributed by atoms with E-state index in [1.165, 1.54) is 27.8 Å². The van der Waals surface area contributed by atoms with Gasteiger partial charge in [0.05, 0.1) is 6.07 Å². The minimum absolute atomic E-state index is 0. The molecule has 0 aliphatic rings. The molecule has 0 fully saturated rings. The Hall–Kier alpha value is -3.90. The Morgan fingerprint density at radius 3 is 2.06 bits per heavy atom. The number of hydrogen-bond acceptors (Lipinski definition) is 3. The van der Waals surface area contributed by atoms with Gasteiger partial charge in [-0.05, 0) is 66.0 Å². The van der Waals surface area contributed by atoms with Gasteiger partial charge in [0.25, 0.3) is 0 Å². The fraction of sp³-hybridized carbons (Fsp3) is 0.0938. The van der Waals surface area contributed by atoms with Crippen molar-refractivity contribution in [3.63, 3.8) is 0 Å². The topological polar surface area (TPSA) is 49.6 Å². The Kier molecular flexibility index (Phi) is 9.42. The molecule has 0 bridgehead atoms. The first-order valence-corrected chi connectivity index (χ1v) is 11.4. The monoisotopic (exact) mass is 644 g/mol. The van der Waals surface area contributed by atoms with E-state index in [-0.39, 0.29) is 20.1 Å². The first-order valence-electron chi connectivity index (χ1n) is 11.4. The second-order valence-corrected chi connectivity index (χ2v) is 8.30. The van der Waals surface area contributed by atoms with E-state index in [0.29, 0.717) is 5.56 Å². The Bertz CT molecular complexity index is 1430. The van der Waals surface area contributed by atoms with Crippen LogP contribution in [0.4, 0.5) is 0 Å². The molecule has 5 rings (SSSR count). The van der Waals surface area contributed by atoms with Crippen LogP contribution in [0.1, 0.15) is 22.3 Å². The fourth-order valence-corrected chi connectivity index (χ4v) is 4.10. The predicted molar refractivity (Wildman–Crippen MR) is 141 cm³/mol. The molecule has 36 heavy (non-hydrogen) atoms. The second-order valence-electron chi connectivity index (χ2n) is 8.30. The Morgan fingerprint density at radius 2 is 1.44 bits per heavy atom. The maximum absolute atomic E-state index is 8.72. The summed E-state index contributed by atoms with van der Waals surface area (Å²) < 4.78 is 0. The smallest absolute Gasteiger partial charge is 0.0789 e. The molecule has 0 unspecified atom stereocenters. The number of rotatable bonds is 3. The van der Waals surface area contributed by atoms with Gasteiger partial charge in [-0.2, -0.15) is 5.26 Å². The van der Waals surface area contributed by atoms with E-state index in [1.54, 1.807) is 24.4 Å². The van der Waals surface area contributed by atoms with Crippen molar-refractivity contribution in [3.05, 3.63) is 132 Å². The van der Waals surface area contributed by atoms with Crippen LogP contribution in [0, 0.1) is 44.2 Å². The largest absolute Gasteiger partial charge is 0.305 e. The molecule has 3 nitrogen and oxygen atoms in total. The second kappa shape index (κ2) is 12.7. The fourth-order valence-electron chi connectivity index (χ4n) is 4.10. The average Bonchev–Trinajstić information content (AvgIpc) is 2.90. The molecular formula is C32H25IrN3-2. The number of nitriles is 1. The molecule has 0 N–H and O–H groups in total. The minimum atomic E-state index is 0. The van der Waals surface area contributed by atoms with E-state index in [2.05, 4.69) is 73.2 Å². The van der Waals surface area contributed by atoms with Crippen LogP contribution in [-0.4, -0.2) is 9.97 Å². The molecule has 2 aromatic heterocycles. The molecular weight excluding hydrogens is 619 g/mol. The number of pyridine rings is 2. The number of nitrogens with zero attached hydrogens (tertiary/aromatic N) is 3. The maximum Gasteiger partial charge on any atom is 0.0789 e. The average molecular weight is 644 g/mol. The van der Waals surface area contributed by atoms with Crippen molar-refractivity contribution in [1.29, 1.82) is 5.26 Å². The molecule has 0 aliphatic carbocycles. The summed E-state index contributed by atoms with van der Waals surface area (Å²) in [7, 11) is 0. The first-order chi connectivity index (χ1) is 17.0. The summed E-state index contributed by atoms with van der Waals surface area (Å²) in [5.74, 6) is 0. The van der Waals surface area contributed by atoms with Crippen LogP contribution in [0.3, 0.4) is 0 Å². The van der Waals surface area contributed by atoms with Crippen molar-refractivity contribution >= 4 is 0 Å². The predicted octanol–water partition coefficient (Wildman–Crippen LogP) is 7.56. The molecule has 1 radical (unpaired) electrons. The zero-order valence-corrected chi connectivity index (χ0v) is 22.8. The van der Waals surface area contributed by atoms with Crippen molar-refractivity contribution in [2.24, 2.45) is 0 Å². The zero-order valence-electron chi connectivity index (χ0n) is 20.4. The third kappa shape index (κ3) is 6.61. The van der Waals surface area contributed by atoms with E-state index in [4.69, 9.17) is 5.26 Å². The zero-order chi connectivity index (χ0) is 24.6. The van der Waals surface area contributed by atoms with Crippen LogP contribution in [0.5, 0.6) is 0 Å². The summed E-state index contributed by atoms with van der Waals surface area (Å²) in [6.07, 6.45) is 3.68. The van der Waals surface area contributed by atoms with Crippen LogP contribution in [-0.2, 0) is 20.1 Å². The summed E-state index contributed by atoms with van der Waals surface area (Å²) in [6, 6.07) is 35.9. The van der Waals surface area contributed by atoms with Gasteiger partial charge in [-0.3, -0.25) is 0 Å². The molecule has 4 heteroatoms. The van der Waals surface area contributed by atoms with Crippen molar-refractivity contribution < 1.29 is 20.1 Å². The summed E-state index contributed by atoms with van der Waals surface area (Å²) >= 11 is 0. The Labute approximate surface area is 226 Å². The van der Waals surface area contributed by atoms with E-state index in [1.807, 2.05) is 48.7 Å². The van der Waals surface area contributed by atoms with Crippen molar-refractivity contribution in [3.8, 4) is 39.7 Å². The molecule has 0 spiro atoms. The normalized spacial score (nSPS) is 9.83. The quantitative estimate of drug-likeness (QED) is 0.191. The molecule has 0 aliphatic heterocycles. The van der Waals surface area contributed by atoms with Gasteiger partial charge in [-0.1, -0.05) is 42.0 Å². The first kappa shape index (κ1) is 26.7. The maximum atomic E-state index is 8.72. The van der Waals surface area contributed by atoms with Gasteiger partial charge < -0.3 is 9.97 Å². The standard InChI is InChI=1S/C20H18N.C12H7N2.Ir/c1-14-11-15(2)20(16(3)12-14)18-9-10-19(21-13-18)17-7-5-4-6-8-17;13-9-10-4-3-5-11(8-10)12-6-1-2-7-14-12;/h4-7,9-13H,1-3H3;1-4,6-8H;/q2*-1;.